The van der Waals surface area contributed by atoms with E-state index in [1.807, 2.05) is 6.08 Å². The summed E-state index contributed by atoms with van der Waals surface area (Å²) in [7, 11) is 0. The van der Waals surface area contributed by atoms with Gasteiger partial charge in [-0.05, 0) is 38.5 Å². The molecule has 0 spiro atoms. The number of aliphatic hydroxyl groups is 1. The van der Waals surface area contributed by atoms with E-state index in [0.717, 1.165) is 70.6 Å². The molecule has 0 aliphatic rings. The van der Waals surface area contributed by atoms with Crippen molar-refractivity contribution in [2.75, 3.05) is 0 Å². The maximum Gasteiger partial charge on any atom is 0.303 e. The fourth-order valence-electron chi connectivity index (χ4n) is 2.57. The minimum Gasteiger partial charge on any atom is -0.481 e. The molecule has 3 N–H and O–H groups in total. The molecule has 0 unspecified atom stereocenters. The van der Waals surface area contributed by atoms with Crippen LogP contribution in [0.15, 0.2) is 12.2 Å². The molecule has 1 atom stereocenters. The summed E-state index contributed by atoms with van der Waals surface area (Å²) in [5.41, 5.74) is 0. The number of carboxylic acid groups (broad SMARTS) is 2. The second-order valence-electron chi connectivity index (χ2n) is 6.41. The zero-order chi connectivity index (χ0) is 18.0. The quantitative estimate of drug-likeness (QED) is 0.266. The van der Waals surface area contributed by atoms with Gasteiger partial charge in [-0.25, -0.2) is 0 Å². The van der Waals surface area contributed by atoms with Gasteiger partial charge in [0.1, 0.15) is 0 Å². The molecule has 0 rings (SSSR count). The molecule has 5 heteroatoms. The molecular weight excluding hydrogens is 308 g/mol. The highest BCUT2D eigenvalue weighted by Gasteiger charge is 2.02. The van der Waals surface area contributed by atoms with Crippen LogP contribution in [-0.4, -0.2) is 33.4 Å². The van der Waals surface area contributed by atoms with E-state index in [2.05, 4.69) is 6.08 Å². The van der Waals surface area contributed by atoms with Crippen molar-refractivity contribution < 1.29 is 24.9 Å². The summed E-state index contributed by atoms with van der Waals surface area (Å²) >= 11 is 0. The summed E-state index contributed by atoms with van der Waals surface area (Å²) in [6, 6.07) is 0. The van der Waals surface area contributed by atoms with Crippen LogP contribution in [0.25, 0.3) is 0 Å². The molecule has 0 bridgehead atoms. The maximum absolute atomic E-state index is 10.4. The highest BCUT2D eigenvalue weighted by molar-refractivity contribution is 5.66. The molecular formula is C19H34O5. The summed E-state index contributed by atoms with van der Waals surface area (Å²) in [6.07, 6.45) is 15.5. The smallest absolute Gasteiger partial charge is 0.303 e. The van der Waals surface area contributed by atoms with Gasteiger partial charge in [0, 0.05) is 12.8 Å². The van der Waals surface area contributed by atoms with Crippen molar-refractivity contribution in [3.05, 3.63) is 12.2 Å². The monoisotopic (exact) mass is 342 g/mol. The zero-order valence-electron chi connectivity index (χ0n) is 14.8. The van der Waals surface area contributed by atoms with Gasteiger partial charge in [0.25, 0.3) is 0 Å². The topological polar surface area (TPSA) is 94.8 Å². The van der Waals surface area contributed by atoms with Crippen molar-refractivity contribution in [1.82, 2.24) is 0 Å². The van der Waals surface area contributed by atoms with E-state index in [9.17, 15) is 14.7 Å². The number of carbonyl (C=O) groups is 2. The van der Waals surface area contributed by atoms with Crippen LogP contribution in [0.2, 0.25) is 0 Å². The number of hydrogen-bond donors (Lipinski definition) is 3. The van der Waals surface area contributed by atoms with Gasteiger partial charge in [0.05, 0.1) is 6.10 Å². The van der Waals surface area contributed by atoms with Crippen LogP contribution in [-0.2, 0) is 9.59 Å². The number of aliphatic hydroxyl groups excluding tert-OH is 1. The van der Waals surface area contributed by atoms with E-state index in [0.29, 0.717) is 6.42 Å². The molecule has 5 nitrogen and oxygen atoms in total. The van der Waals surface area contributed by atoms with E-state index in [1.54, 1.807) is 0 Å². The van der Waals surface area contributed by atoms with E-state index in [1.165, 1.54) is 0 Å². The first-order valence-corrected chi connectivity index (χ1v) is 9.29. The normalized spacial score (nSPS) is 12.5. The number of allylic oxidation sites excluding steroid dienone is 1. The fourth-order valence-corrected chi connectivity index (χ4v) is 2.57. The lowest BCUT2D eigenvalue weighted by Gasteiger charge is -2.07. The second kappa shape index (κ2) is 16.5. The molecule has 0 amide bonds. The summed E-state index contributed by atoms with van der Waals surface area (Å²) < 4.78 is 0. The van der Waals surface area contributed by atoms with Gasteiger partial charge in [0.2, 0.25) is 0 Å². The third-order valence-corrected chi connectivity index (χ3v) is 4.01. The summed E-state index contributed by atoms with van der Waals surface area (Å²) in [4.78, 5) is 20.7. The molecule has 0 aliphatic carbocycles. The van der Waals surface area contributed by atoms with Crippen molar-refractivity contribution in [3.8, 4) is 0 Å². The van der Waals surface area contributed by atoms with E-state index >= 15 is 0 Å². The lowest BCUT2D eigenvalue weighted by Crippen LogP contribution is -2.04. The highest BCUT2D eigenvalue weighted by atomic mass is 16.4. The lowest BCUT2D eigenvalue weighted by atomic mass is 10.1. The maximum atomic E-state index is 10.4. The SMILES string of the molecule is O=C(O)CCCCCCCC=CC[C@H](O)CCCCCCC(=O)O. The third-order valence-electron chi connectivity index (χ3n) is 4.01. The number of aliphatic carboxylic acids is 2. The third kappa shape index (κ3) is 18.7. The first kappa shape index (κ1) is 22.6. The van der Waals surface area contributed by atoms with Crippen LogP contribution >= 0.6 is 0 Å². The van der Waals surface area contributed by atoms with E-state index in [4.69, 9.17) is 10.2 Å². The predicted octanol–water partition coefficient (Wildman–Crippen LogP) is 4.53. The van der Waals surface area contributed by atoms with Gasteiger partial charge in [0.15, 0.2) is 0 Å². The number of hydrogen-bond acceptors (Lipinski definition) is 3. The van der Waals surface area contributed by atoms with Gasteiger partial charge in [-0.15, -0.1) is 0 Å². The summed E-state index contributed by atoms with van der Waals surface area (Å²) in [5, 5.41) is 26.9. The average molecular weight is 342 g/mol. The van der Waals surface area contributed by atoms with Crippen LogP contribution in [0.4, 0.5) is 0 Å². The molecule has 0 saturated carbocycles. The number of carboxylic acids is 2. The average Bonchev–Trinajstić information content (AvgIpc) is 2.52. The van der Waals surface area contributed by atoms with Crippen LogP contribution in [0.3, 0.4) is 0 Å². The van der Waals surface area contributed by atoms with Crippen LogP contribution in [0, 0.1) is 0 Å². The number of unbranched alkanes of at least 4 members (excludes halogenated alkanes) is 8. The first-order chi connectivity index (χ1) is 11.5. The highest BCUT2D eigenvalue weighted by Crippen LogP contribution is 2.11. The number of rotatable bonds is 17. The largest absolute Gasteiger partial charge is 0.481 e. The molecule has 0 radical (unpaired) electrons. The minimum atomic E-state index is -0.736. The fraction of sp³-hybridized carbons (Fsp3) is 0.789. The molecule has 0 saturated heterocycles. The Morgan fingerprint density at radius 3 is 1.79 bits per heavy atom. The zero-order valence-corrected chi connectivity index (χ0v) is 14.8. The molecule has 140 valence electrons. The Labute approximate surface area is 145 Å². The standard InChI is InChI=1S/C19H34O5/c20-17(14-10-7-8-12-16-19(23)24)13-9-5-3-1-2-4-6-11-15-18(21)22/h5,9,17,20H,1-4,6-8,10-16H2,(H,21,22)(H,23,24)/t17-/m0/s1. The van der Waals surface area contributed by atoms with Gasteiger partial charge < -0.3 is 15.3 Å². The predicted molar refractivity (Wildman–Crippen MR) is 95.1 cm³/mol. The van der Waals surface area contributed by atoms with Crippen molar-refractivity contribution in [2.45, 2.75) is 96.0 Å². The van der Waals surface area contributed by atoms with E-state index < -0.39 is 11.9 Å². The lowest BCUT2D eigenvalue weighted by molar-refractivity contribution is -0.138. The molecule has 0 aromatic rings. The van der Waals surface area contributed by atoms with Crippen molar-refractivity contribution >= 4 is 11.9 Å². The minimum absolute atomic E-state index is 0.241. The molecule has 0 aromatic heterocycles. The Bertz CT molecular complexity index is 352. The van der Waals surface area contributed by atoms with Gasteiger partial charge in [-0.3, -0.25) is 9.59 Å². The molecule has 0 aromatic carbocycles. The van der Waals surface area contributed by atoms with Crippen molar-refractivity contribution in [3.63, 3.8) is 0 Å². The molecule has 0 heterocycles. The van der Waals surface area contributed by atoms with Crippen LogP contribution in [0.1, 0.15) is 89.9 Å². The Hall–Kier alpha value is -1.36. The van der Waals surface area contributed by atoms with Crippen molar-refractivity contribution in [1.29, 1.82) is 0 Å². The Morgan fingerprint density at radius 2 is 1.21 bits per heavy atom. The summed E-state index contributed by atoms with van der Waals surface area (Å²) in [5.74, 6) is -1.45. The molecule has 24 heavy (non-hydrogen) atoms. The summed E-state index contributed by atoms with van der Waals surface area (Å²) in [6.45, 7) is 0. The van der Waals surface area contributed by atoms with Gasteiger partial charge in [-0.2, -0.15) is 0 Å². The van der Waals surface area contributed by atoms with Gasteiger partial charge >= 0.3 is 11.9 Å². The molecule has 0 fully saturated rings. The van der Waals surface area contributed by atoms with Crippen LogP contribution < -0.4 is 0 Å². The first-order valence-electron chi connectivity index (χ1n) is 9.29. The Kier molecular flexibility index (Phi) is 15.6. The van der Waals surface area contributed by atoms with E-state index in [-0.39, 0.29) is 18.9 Å². The Balaban J connectivity index is 3.31. The van der Waals surface area contributed by atoms with Crippen molar-refractivity contribution in [2.24, 2.45) is 0 Å². The van der Waals surface area contributed by atoms with Gasteiger partial charge in [-0.1, -0.05) is 50.7 Å². The molecule has 0 aliphatic heterocycles. The Morgan fingerprint density at radius 1 is 0.708 bits per heavy atom. The van der Waals surface area contributed by atoms with Crippen LogP contribution in [0.5, 0.6) is 0 Å². The second-order valence-corrected chi connectivity index (χ2v) is 6.41.